The molecule has 1 saturated heterocycles. The lowest BCUT2D eigenvalue weighted by Gasteiger charge is -2.15. The number of esters is 1. The van der Waals surface area contributed by atoms with Gasteiger partial charge in [0.2, 0.25) is 5.78 Å². The number of amides is 3. The van der Waals surface area contributed by atoms with E-state index in [0.29, 0.717) is 5.56 Å². The number of carbonyl (C=O) groups is 4. The number of imide groups is 1. The molecule has 7 heteroatoms. The Morgan fingerprint density at radius 3 is 2.44 bits per heavy atom. The Morgan fingerprint density at radius 2 is 1.88 bits per heavy atom. The van der Waals surface area contributed by atoms with Gasteiger partial charge in [0.05, 0.1) is 6.42 Å². The summed E-state index contributed by atoms with van der Waals surface area (Å²) in [6.07, 6.45) is -0.157. The Kier molecular flexibility index (Phi) is 5.25. The summed E-state index contributed by atoms with van der Waals surface area (Å²) in [5.41, 5.74) is 1.40. The van der Waals surface area contributed by atoms with E-state index in [-0.39, 0.29) is 25.4 Å². The molecule has 25 heavy (non-hydrogen) atoms. The zero-order valence-electron chi connectivity index (χ0n) is 14.8. The van der Waals surface area contributed by atoms with E-state index in [2.05, 4.69) is 5.32 Å². The van der Waals surface area contributed by atoms with E-state index in [1.165, 1.54) is 0 Å². The average Bonchev–Trinajstić information content (AvgIpc) is 2.71. The van der Waals surface area contributed by atoms with Gasteiger partial charge in [0.1, 0.15) is 5.54 Å². The van der Waals surface area contributed by atoms with Crippen molar-refractivity contribution in [2.24, 2.45) is 0 Å². The van der Waals surface area contributed by atoms with Crippen LogP contribution in [0.2, 0.25) is 0 Å². The lowest BCUT2D eigenvalue weighted by molar-refractivity contribution is -0.143. The second-order valence-electron chi connectivity index (χ2n) is 6.66. The van der Waals surface area contributed by atoms with Crippen LogP contribution >= 0.6 is 0 Å². The number of Topliss-reactive ketones (excluding diaryl/α,β-unsaturated/α-hetero) is 1. The molecule has 1 heterocycles. The van der Waals surface area contributed by atoms with Gasteiger partial charge in [-0.2, -0.15) is 0 Å². The van der Waals surface area contributed by atoms with Crippen molar-refractivity contribution in [2.75, 3.05) is 13.2 Å². The fourth-order valence-corrected chi connectivity index (χ4v) is 2.65. The van der Waals surface area contributed by atoms with Gasteiger partial charge in [-0.25, -0.2) is 4.79 Å². The van der Waals surface area contributed by atoms with E-state index in [1.54, 1.807) is 19.9 Å². The number of nitrogens with one attached hydrogen (secondary N) is 1. The Labute approximate surface area is 146 Å². The molecule has 0 aromatic heterocycles. The van der Waals surface area contributed by atoms with Crippen LogP contribution in [0.1, 0.15) is 41.8 Å². The van der Waals surface area contributed by atoms with Gasteiger partial charge in [0.25, 0.3) is 5.91 Å². The number of rotatable bonds is 6. The molecule has 0 unspecified atom stereocenters. The summed E-state index contributed by atoms with van der Waals surface area (Å²) < 4.78 is 4.97. The van der Waals surface area contributed by atoms with Crippen molar-refractivity contribution < 1.29 is 23.9 Å². The number of urea groups is 1. The summed E-state index contributed by atoms with van der Waals surface area (Å²) in [6.45, 7) is 6.49. The molecule has 0 spiro atoms. The molecule has 0 radical (unpaired) electrons. The van der Waals surface area contributed by atoms with Crippen LogP contribution in [0.15, 0.2) is 18.2 Å². The van der Waals surface area contributed by atoms with Gasteiger partial charge in [-0.15, -0.1) is 0 Å². The van der Waals surface area contributed by atoms with Gasteiger partial charge in [0, 0.05) is 12.1 Å². The van der Waals surface area contributed by atoms with E-state index in [1.807, 2.05) is 26.0 Å². The maximum Gasteiger partial charge on any atom is 0.325 e. The van der Waals surface area contributed by atoms with E-state index in [9.17, 15) is 19.2 Å². The van der Waals surface area contributed by atoms with Crippen molar-refractivity contribution >= 4 is 23.7 Å². The molecule has 3 amide bonds. The number of hydrogen-bond acceptors (Lipinski definition) is 5. The summed E-state index contributed by atoms with van der Waals surface area (Å²) in [4.78, 5) is 48.6. The topological polar surface area (TPSA) is 92.8 Å². The molecule has 1 aromatic rings. The van der Waals surface area contributed by atoms with E-state index >= 15 is 0 Å². The summed E-state index contributed by atoms with van der Waals surface area (Å²) in [5, 5.41) is 2.53. The van der Waals surface area contributed by atoms with Crippen LogP contribution < -0.4 is 5.32 Å². The van der Waals surface area contributed by atoms with E-state index < -0.39 is 23.4 Å². The number of nitrogens with zero attached hydrogens (tertiary/aromatic N) is 1. The number of ether oxygens (including phenoxy) is 1. The average molecular weight is 346 g/mol. The van der Waals surface area contributed by atoms with Gasteiger partial charge < -0.3 is 10.1 Å². The van der Waals surface area contributed by atoms with Crippen molar-refractivity contribution in [1.82, 2.24) is 10.2 Å². The molecule has 1 fully saturated rings. The molecule has 2 rings (SSSR count). The van der Waals surface area contributed by atoms with Gasteiger partial charge >= 0.3 is 12.0 Å². The molecule has 0 saturated carbocycles. The number of hydrogen-bond donors (Lipinski definition) is 1. The minimum atomic E-state index is -0.972. The molecular formula is C18H22N2O5. The maximum absolute atomic E-state index is 12.1. The van der Waals surface area contributed by atoms with Gasteiger partial charge in [-0.3, -0.25) is 19.3 Å². The van der Waals surface area contributed by atoms with Crippen LogP contribution in [0.25, 0.3) is 0 Å². The van der Waals surface area contributed by atoms with Crippen LogP contribution in [-0.2, 0) is 14.3 Å². The van der Waals surface area contributed by atoms with E-state index in [0.717, 1.165) is 16.0 Å². The standard InChI is InChI=1S/C18H22N2O5/c1-11-5-6-13(12(2)9-11)14(21)10-25-15(22)7-8-20-16(23)18(3,4)19-17(20)24/h5-6,9H,7-8,10H2,1-4H3,(H,19,24). The predicted octanol–water partition coefficient (Wildman–Crippen LogP) is 1.75. The number of aryl methyl sites for hydroxylation is 2. The SMILES string of the molecule is Cc1ccc(C(=O)COC(=O)CCN2C(=O)NC(C)(C)C2=O)c(C)c1. The monoisotopic (exact) mass is 346 g/mol. The largest absolute Gasteiger partial charge is 0.457 e. The fraction of sp³-hybridized carbons (Fsp3) is 0.444. The molecule has 134 valence electrons. The zero-order chi connectivity index (χ0) is 18.8. The quantitative estimate of drug-likeness (QED) is 0.481. The Bertz CT molecular complexity index is 739. The minimum absolute atomic E-state index is 0.0787. The van der Waals surface area contributed by atoms with Crippen LogP contribution in [-0.4, -0.2) is 47.3 Å². The normalized spacial score (nSPS) is 15.9. The molecule has 0 aliphatic carbocycles. The van der Waals surface area contributed by atoms with E-state index in [4.69, 9.17) is 4.74 Å². The molecule has 0 atom stereocenters. The first kappa shape index (κ1) is 18.6. The Morgan fingerprint density at radius 1 is 1.20 bits per heavy atom. The first-order chi connectivity index (χ1) is 11.6. The lowest BCUT2D eigenvalue weighted by atomic mass is 10.0. The second kappa shape index (κ2) is 7.04. The fourth-order valence-electron chi connectivity index (χ4n) is 2.65. The van der Waals surface area contributed by atoms with Crippen LogP contribution in [0.5, 0.6) is 0 Å². The predicted molar refractivity (Wildman–Crippen MR) is 90.1 cm³/mol. The third-order valence-corrected chi connectivity index (χ3v) is 4.03. The van der Waals surface area contributed by atoms with Crippen LogP contribution in [0.4, 0.5) is 4.79 Å². The molecule has 7 nitrogen and oxygen atoms in total. The first-order valence-electron chi connectivity index (χ1n) is 8.02. The van der Waals surface area contributed by atoms with Crippen LogP contribution in [0, 0.1) is 13.8 Å². The molecule has 0 bridgehead atoms. The summed E-state index contributed by atoms with van der Waals surface area (Å²) in [6, 6.07) is 4.88. The molecule has 1 aromatic carbocycles. The first-order valence-corrected chi connectivity index (χ1v) is 8.02. The smallest absolute Gasteiger partial charge is 0.325 e. The van der Waals surface area contributed by atoms with Crippen LogP contribution in [0.3, 0.4) is 0 Å². The Balaban J connectivity index is 1.84. The Hall–Kier alpha value is -2.70. The number of carbonyl (C=O) groups excluding carboxylic acids is 4. The van der Waals surface area contributed by atoms with Gasteiger partial charge in [-0.05, 0) is 33.3 Å². The highest BCUT2D eigenvalue weighted by molar-refractivity contribution is 6.06. The highest BCUT2D eigenvalue weighted by atomic mass is 16.5. The highest BCUT2D eigenvalue weighted by Crippen LogP contribution is 2.17. The molecule has 1 N–H and O–H groups in total. The molecule has 1 aliphatic heterocycles. The molecule has 1 aliphatic rings. The van der Waals surface area contributed by atoms with Gasteiger partial charge in [0.15, 0.2) is 6.61 Å². The second-order valence-corrected chi connectivity index (χ2v) is 6.66. The summed E-state index contributed by atoms with van der Waals surface area (Å²) in [5.74, 6) is -1.32. The number of benzene rings is 1. The van der Waals surface area contributed by atoms with Gasteiger partial charge in [-0.1, -0.05) is 23.8 Å². The zero-order valence-corrected chi connectivity index (χ0v) is 14.8. The van der Waals surface area contributed by atoms with Crippen molar-refractivity contribution in [3.8, 4) is 0 Å². The maximum atomic E-state index is 12.1. The summed E-state index contributed by atoms with van der Waals surface area (Å²) in [7, 11) is 0. The van der Waals surface area contributed by atoms with Crippen molar-refractivity contribution in [2.45, 2.75) is 39.7 Å². The lowest BCUT2D eigenvalue weighted by Crippen LogP contribution is -2.40. The third kappa shape index (κ3) is 4.23. The minimum Gasteiger partial charge on any atom is -0.457 e. The van der Waals surface area contributed by atoms with Crippen molar-refractivity contribution in [3.63, 3.8) is 0 Å². The summed E-state index contributed by atoms with van der Waals surface area (Å²) >= 11 is 0. The third-order valence-electron chi connectivity index (χ3n) is 4.03. The van der Waals surface area contributed by atoms with Crippen molar-refractivity contribution in [3.05, 3.63) is 34.9 Å². The highest BCUT2D eigenvalue weighted by Gasteiger charge is 2.44. The van der Waals surface area contributed by atoms with Crippen molar-refractivity contribution in [1.29, 1.82) is 0 Å². The number of ketones is 1. The molecular weight excluding hydrogens is 324 g/mol.